The Morgan fingerprint density at radius 3 is 3.19 bits per heavy atom. The Labute approximate surface area is 94.3 Å². The summed E-state index contributed by atoms with van der Waals surface area (Å²) < 4.78 is 10.3. The fraction of sp³-hybridized carbons (Fsp3) is 0.417. The van der Waals surface area contributed by atoms with Crippen molar-refractivity contribution >= 4 is 5.97 Å². The molecule has 1 aromatic rings. The Morgan fingerprint density at radius 1 is 1.62 bits per heavy atom. The summed E-state index contributed by atoms with van der Waals surface area (Å²) in [6.45, 7) is 2.81. The molecule has 1 aliphatic heterocycles. The summed E-state index contributed by atoms with van der Waals surface area (Å²) in [4.78, 5) is 11.5. The van der Waals surface area contributed by atoms with Crippen molar-refractivity contribution in [1.29, 1.82) is 0 Å². The molecule has 1 aliphatic rings. The first kappa shape index (κ1) is 11.0. The molecule has 0 saturated heterocycles. The van der Waals surface area contributed by atoms with E-state index in [2.05, 4.69) is 0 Å². The van der Waals surface area contributed by atoms with Crippen LogP contribution in [-0.2, 0) is 16.0 Å². The fourth-order valence-corrected chi connectivity index (χ4v) is 1.77. The minimum absolute atomic E-state index is 0.348. The topological polar surface area (TPSA) is 61.5 Å². The minimum Gasteiger partial charge on any atom is -0.493 e. The van der Waals surface area contributed by atoms with E-state index in [0.717, 1.165) is 23.3 Å². The third-order valence-electron chi connectivity index (χ3n) is 2.61. The normalized spacial score (nSPS) is 15.1. The van der Waals surface area contributed by atoms with Crippen LogP contribution < -0.4 is 10.5 Å². The first-order chi connectivity index (χ1) is 7.72. The molecule has 1 atom stereocenters. The molecule has 2 N–H and O–H groups in total. The van der Waals surface area contributed by atoms with Crippen LogP contribution in [0.4, 0.5) is 0 Å². The summed E-state index contributed by atoms with van der Waals surface area (Å²) in [6.07, 6.45) is 0.874. The van der Waals surface area contributed by atoms with Crippen LogP contribution >= 0.6 is 0 Å². The number of ether oxygens (including phenoxy) is 2. The largest absolute Gasteiger partial charge is 0.493 e. The molecular weight excluding hydrogens is 206 g/mol. The molecule has 0 aliphatic carbocycles. The lowest BCUT2D eigenvalue weighted by atomic mass is 10.0. The molecule has 4 heteroatoms. The van der Waals surface area contributed by atoms with E-state index in [0.29, 0.717) is 13.2 Å². The summed E-state index contributed by atoms with van der Waals surface area (Å²) in [7, 11) is 0. The highest BCUT2D eigenvalue weighted by atomic mass is 16.5. The SMILES string of the molecule is CCOC(=O)C(N)c1ccc2c(c1)CCO2. The minimum atomic E-state index is -0.703. The molecule has 0 amide bonds. The highest BCUT2D eigenvalue weighted by Gasteiger charge is 2.20. The number of carbonyl (C=O) groups excluding carboxylic acids is 1. The predicted octanol–water partition coefficient (Wildman–Crippen LogP) is 1.18. The van der Waals surface area contributed by atoms with Crippen molar-refractivity contribution in [2.24, 2.45) is 5.73 Å². The van der Waals surface area contributed by atoms with Crippen LogP contribution in [0.1, 0.15) is 24.1 Å². The Balaban J connectivity index is 2.18. The molecule has 4 nitrogen and oxygen atoms in total. The second kappa shape index (κ2) is 4.53. The maximum atomic E-state index is 11.5. The molecule has 0 fully saturated rings. The number of hydrogen-bond donors (Lipinski definition) is 1. The third kappa shape index (κ3) is 2.02. The molecule has 0 saturated carbocycles. The summed E-state index contributed by atoms with van der Waals surface area (Å²) in [5.41, 5.74) is 7.69. The van der Waals surface area contributed by atoms with E-state index in [1.807, 2.05) is 18.2 Å². The molecule has 0 aromatic heterocycles. The number of benzene rings is 1. The van der Waals surface area contributed by atoms with Gasteiger partial charge < -0.3 is 15.2 Å². The van der Waals surface area contributed by atoms with Gasteiger partial charge in [-0.2, -0.15) is 0 Å². The molecule has 0 spiro atoms. The molecular formula is C12H15NO3. The lowest BCUT2D eigenvalue weighted by Gasteiger charge is -2.11. The first-order valence-corrected chi connectivity index (χ1v) is 5.40. The first-order valence-electron chi connectivity index (χ1n) is 5.40. The highest BCUT2D eigenvalue weighted by Crippen LogP contribution is 2.27. The molecule has 86 valence electrons. The summed E-state index contributed by atoms with van der Waals surface area (Å²) in [5.74, 6) is 0.501. The van der Waals surface area contributed by atoms with Crippen molar-refractivity contribution in [2.75, 3.05) is 13.2 Å². The van der Waals surface area contributed by atoms with Crippen molar-refractivity contribution in [2.45, 2.75) is 19.4 Å². The van der Waals surface area contributed by atoms with Crippen molar-refractivity contribution in [3.05, 3.63) is 29.3 Å². The van der Waals surface area contributed by atoms with E-state index in [-0.39, 0.29) is 5.97 Å². The second-order valence-corrected chi connectivity index (χ2v) is 3.70. The van der Waals surface area contributed by atoms with Crippen LogP contribution in [0.5, 0.6) is 5.75 Å². The molecule has 1 aromatic carbocycles. The van der Waals surface area contributed by atoms with Gasteiger partial charge in [0.2, 0.25) is 0 Å². The zero-order valence-corrected chi connectivity index (χ0v) is 9.23. The van der Waals surface area contributed by atoms with Crippen LogP contribution in [0.3, 0.4) is 0 Å². The molecule has 16 heavy (non-hydrogen) atoms. The summed E-state index contributed by atoms with van der Waals surface area (Å²) in [5, 5.41) is 0. The third-order valence-corrected chi connectivity index (χ3v) is 2.61. The van der Waals surface area contributed by atoms with Gasteiger partial charge in [-0.25, -0.2) is 4.79 Å². The van der Waals surface area contributed by atoms with Gasteiger partial charge in [-0.05, 0) is 30.2 Å². The van der Waals surface area contributed by atoms with E-state index in [9.17, 15) is 4.79 Å². The average molecular weight is 221 g/mol. The van der Waals surface area contributed by atoms with E-state index < -0.39 is 6.04 Å². The predicted molar refractivity (Wildman–Crippen MR) is 59.2 cm³/mol. The van der Waals surface area contributed by atoms with E-state index in [4.69, 9.17) is 15.2 Å². The monoisotopic (exact) mass is 221 g/mol. The van der Waals surface area contributed by atoms with Gasteiger partial charge >= 0.3 is 5.97 Å². The molecule has 0 bridgehead atoms. The van der Waals surface area contributed by atoms with Crippen molar-refractivity contribution < 1.29 is 14.3 Å². The quantitative estimate of drug-likeness (QED) is 0.779. The maximum absolute atomic E-state index is 11.5. The van der Waals surface area contributed by atoms with Gasteiger partial charge in [0, 0.05) is 6.42 Å². The lowest BCUT2D eigenvalue weighted by molar-refractivity contribution is -0.144. The Morgan fingerprint density at radius 2 is 2.44 bits per heavy atom. The van der Waals surface area contributed by atoms with Gasteiger partial charge in [0.15, 0.2) is 0 Å². The van der Waals surface area contributed by atoms with Gasteiger partial charge in [-0.3, -0.25) is 0 Å². The van der Waals surface area contributed by atoms with Gasteiger partial charge in [-0.1, -0.05) is 6.07 Å². The van der Waals surface area contributed by atoms with E-state index in [1.54, 1.807) is 6.92 Å². The van der Waals surface area contributed by atoms with Gasteiger partial charge in [0.25, 0.3) is 0 Å². The number of carbonyl (C=O) groups is 1. The van der Waals surface area contributed by atoms with Crippen LogP contribution in [0, 0.1) is 0 Å². The number of fused-ring (bicyclic) bond motifs is 1. The Bertz CT molecular complexity index is 403. The maximum Gasteiger partial charge on any atom is 0.327 e. The number of hydrogen-bond acceptors (Lipinski definition) is 4. The van der Waals surface area contributed by atoms with Gasteiger partial charge in [0.05, 0.1) is 13.2 Å². The van der Waals surface area contributed by atoms with Crippen LogP contribution in [0.25, 0.3) is 0 Å². The van der Waals surface area contributed by atoms with Gasteiger partial charge in [-0.15, -0.1) is 0 Å². The van der Waals surface area contributed by atoms with E-state index >= 15 is 0 Å². The Hall–Kier alpha value is -1.55. The van der Waals surface area contributed by atoms with Crippen molar-refractivity contribution in [3.8, 4) is 5.75 Å². The fourth-order valence-electron chi connectivity index (χ4n) is 1.77. The molecule has 0 radical (unpaired) electrons. The molecule has 2 rings (SSSR count). The van der Waals surface area contributed by atoms with Crippen LogP contribution in [-0.4, -0.2) is 19.2 Å². The average Bonchev–Trinajstić information content (AvgIpc) is 2.75. The summed E-state index contributed by atoms with van der Waals surface area (Å²) >= 11 is 0. The molecule has 1 heterocycles. The van der Waals surface area contributed by atoms with E-state index in [1.165, 1.54) is 0 Å². The Kier molecular flexibility index (Phi) is 3.10. The number of rotatable bonds is 3. The lowest BCUT2D eigenvalue weighted by Crippen LogP contribution is -2.23. The smallest absolute Gasteiger partial charge is 0.327 e. The van der Waals surface area contributed by atoms with Gasteiger partial charge in [0.1, 0.15) is 11.8 Å². The molecule has 1 unspecified atom stereocenters. The van der Waals surface area contributed by atoms with Crippen molar-refractivity contribution in [3.63, 3.8) is 0 Å². The van der Waals surface area contributed by atoms with Crippen molar-refractivity contribution in [1.82, 2.24) is 0 Å². The summed E-state index contributed by atoms with van der Waals surface area (Å²) in [6, 6.07) is 4.89. The standard InChI is InChI=1S/C12H15NO3/c1-2-15-12(14)11(13)9-3-4-10-8(7-9)5-6-16-10/h3-4,7,11H,2,5-6,13H2,1H3. The second-order valence-electron chi connectivity index (χ2n) is 3.70. The van der Waals surface area contributed by atoms with Crippen LogP contribution in [0.15, 0.2) is 18.2 Å². The number of esters is 1. The highest BCUT2D eigenvalue weighted by molar-refractivity contribution is 5.77. The van der Waals surface area contributed by atoms with Crippen LogP contribution in [0.2, 0.25) is 0 Å². The number of nitrogens with two attached hydrogens (primary N) is 1. The zero-order chi connectivity index (χ0) is 11.5. The zero-order valence-electron chi connectivity index (χ0n) is 9.23.